The van der Waals surface area contributed by atoms with Crippen molar-refractivity contribution in [3.05, 3.63) is 18.0 Å². The van der Waals surface area contributed by atoms with Crippen molar-refractivity contribution in [3.8, 4) is 0 Å². The maximum atomic E-state index is 10.7. The van der Waals surface area contributed by atoms with Crippen LogP contribution in [-0.2, 0) is 23.1 Å². The Labute approximate surface area is 102 Å². The topological polar surface area (TPSA) is 90.0 Å². The standard InChI is InChI=1S/C10H20N4O2S/c1-2-7-14-10(4-6-13-14)9-12-5-3-8-17(11,15)16/h4,6,12H,2-3,5,7-9H2,1H3,(H2,11,15,16). The van der Waals surface area contributed by atoms with Crippen molar-refractivity contribution in [2.75, 3.05) is 12.3 Å². The molecule has 0 aliphatic carbocycles. The fraction of sp³-hybridized carbons (Fsp3) is 0.700. The predicted molar refractivity (Wildman–Crippen MR) is 66.8 cm³/mol. The quantitative estimate of drug-likeness (QED) is 0.647. The number of nitrogens with two attached hydrogens (primary N) is 1. The summed E-state index contributed by atoms with van der Waals surface area (Å²) in [5.74, 6) is 0.0220. The van der Waals surface area contributed by atoms with E-state index in [0.717, 1.165) is 18.7 Å². The van der Waals surface area contributed by atoms with Crippen LogP contribution in [0.4, 0.5) is 0 Å². The molecule has 0 saturated carbocycles. The highest BCUT2D eigenvalue weighted by Gasteiger charge is 2.03. The van der Waals surface area contributed by atoms with E-state index in [9.17, 15) is 8.42 Å². The fourth-order valence-electron chi connectivity index (χ4n) is 1.54. The molecule has 0 radical (unpaired) electrons. The van der Waals surface area contributed by atoms with Crippen molar-refractivity contribution < 1.29 is 8.42 Å². The number of aryl methyl sites for hydroxylation is 1. The van der Waals surface area contributed by atoms with Crippen LogP contribution in [0, 0.1) is 0 Å². The van der Waals surface area contributed by atoms with E-state index in [1.807, 2.05) is 10.7 Å². The Kier molecular flexibility index (Phi) is 5.60. The number of nitrogens with one attached hydrogen (secondary N) is 1. The van der Waals surface area contributed by atoms with Gasteiger partial charge in [0.25, 0.3) is 0 Å². The summed E-state index contributed by atoms with van der Waals surface area (Å²) in [6.07, 6.45) is 3.35. The van der Waals surface area contributed by atoms with Crippen molar-refractivity contribution in [2.45, 2.75) is 32.9 Å². The van der Waals surface area contributed by atoms with Gasteiger partial charge in [0.05, 0.1) is 11.4 Å². The van der Waals surface area contributed by atoms with Crippen LogP contribution in [0.15, 0.2) is 12.3 Å². The number of primary sulfonamides is 1. The predicted octanol–water partition coefficient (Wildman–Crippen LogP) is 0.0613. The van der Waals surface area contributed by atoms with Gasteiger partial charge in [0.2, 0.25) is 10.0 Å². The van der Waals surface area contributed by atoms with Crippen LogP contribution in [0.3, 0.4) is 0 Å². The molecule has 0 bridgehead atoms. The van der Waals surface area contributed by atoms with Crippen molar-refractivity contribution in [3.63, 3.8) is 0 Å². The number of hydrogen-bond donors (Lipinski definition) is 2. The molecule has 1 aromatic heterocycles. The summed E-state index contributed by atoms with van der Waals surface area (Å²) in [5.41, 5.74) is 1.11. The van der Waals surface area contributed by atoms with E-state index in [-0.39, 0.29) is 5.75 Å². The average molecular weight is 260 g/mol. The third kappa shape index (κ3) is 5.81. The summed E-state index contributed by atoms with van der Waals surface area (Å²) >= 11 is 0. The molecule has 17 heavy (non-hydrogen) atoms. The van der Waals surface area contributed by atoms with Gasteiger partial charge in [-0.3, -0.25) is 4.68 Å². The third-order valence-corrected chi connectivity index (χ3v) is 3.19. The number of hydrogen-bond acceptors (Lipinski definition) is 4. The molecule has 1 aromatic rings. The molecule has 0 saturated heterocycles. The SMILES string of the molecule is CCCn1nccc1CNCCCS(N)(=O)=O. The zero-order valence-corrected chi connectivity index (χ0v) is 10.9. The lowest BCUT2D eigenvalue weighted by atomic mass is 10.4. The molecule has 1 heterocycles. The number of sulfonamides is 1. The molecule has 1 rings (SSSR count). The lowest BCUT2D eigenvalue weighted by molar-refractivity contribution is 0.547. The zero-order chi connectivity index (χ0) is 12.7. The first-order valence-corrected chi connectivity index (χ1v) is 7.46. The fourth-order valence-corrected chi connectivity index (χ4v) is 2.08. The maximum Gasteiger partial charge on any atom is 0.209 e. The molecular formula is C10H20N4O2S. The van der Waals surface area contributed by atoms with E-state index in [0.29, 0.717) is 19.5 Å². The lowest BCUT2D eigenvalue weighted by Gasteiger charge is -2.07. The van der Waals surface area contributed by atoms with Gasteiger partial charge in [0.1, 0.15) is 0 Å². The number of rotatable bonds is 8. The second kappa shape index (κ2) is 6.73. The van der Waals surface area contributed by atoms with Crippen molar-refractivity contribution in [1.82, 2.24) is 15.1 Å². The van der Waals surface area contributed by atoms with Crippen LogP contribution in [-0.4, -0.2) is 30.5 Å². The van der Waals surface area contributed by atoms with Gasteiger partial charge >= 0.3 is 0 Å². The molecule has 3 N–H and O–H groups in total. The normalized spacial score (nSPS) is 11.9. The van der Waals surface area contributed by atoms with Crippen LogP contribution < -0.4 is 10.5 Å². The highest BCUT2D eigenvalue weighted by molar-refractivity contribution is 7.89. The van der Waals surface area contributed by atoms with Crippen LogP contribution >= 0.6 is 0 Å². The van der Waals surface area contributed by atoms with Crippen molar-refractivity contribution in [1.29, 1.82) is 0 Å². The number of aromatic nitrogens is 2. The van der Waals surface area contributed by atoms with Gasteiger partial charge in [-0.25, -0.2) is 13.6 Å². The molecular weight excluding hydrogens is 240 g/mol. The van der Waals surface area contributed by atoms with Crippen LogP contribution in [0.2, 0.25) is 0 Å². The summed E-state index contributed by atoms with van der Waals surface area (Å²) < 4.78 is 23.3. The minimum absolute atomic E-state index is 0.0220. The number of nitrogens with zero attached hydrogens (tertiary/aromatic N) is 2. The first-order chi connectivity index (χ1) is 8.03. The third-order valence-electron chi connectivity index (χ3n) is 2.33. The second-order valence-corrected chi connectivity index (χ2v) is 5.68. The lowest BCUT2D eigenvalue weighted by Crippen LogP contribution is -2.23. The van der Waals surface area contributed by atoms with Gasteiger partial charge in [-0.2, -0.15) is 5.10 Å². The molecule has 6 nitrogen and oxygen atoms in total. The van der Waals surface area contributed by atoms with Gasteiger partial charge in [-0.05, 0) is 25.5 Å². The monoisotopic (exact) mass is 260 g/mol. The summed E-state index contributed by atoms with van der Waals surface area (Å²) in [6.45, 7) is 4.34. The van der Waals surface area contributed by atoms with Crippen LogP contribution in [0.25, 0.3) is 0 Å². The van der Waals surface area contributed by atoms with E-state index in [1.54, 1.807) is 6.20 Å². The van der Waals surface area contributed by atoms with E-state index >= 15 is 0 Å². The van der Waals surface area contributed by atoms with Crippen LogP contribution in [0.5, 0.6) is 0 Å². The van der Waals surface area contributed by atoms with E-state index in [1.165, 1.54) is 0 Å². The molecule has 0 aromatic carbocycles. The summed E-state index contributed by atoms with van der Waals surface area (Å²) in [4.78, 5) is 0. The average Bonchev–Trinajstić information content (AvgIpc) is 2.64. The zero-order valence-electron chi connectivity index (χ0n) is 10.1. The van der Waals surface area contributed by atoms with Crippen molar-refractivity contribution >= 4 is 10.0 Å². The largest absolute Gasteiger partial charge is 0.311 e. The molecule has 7 heteroatoms. The van der Waals surface area contributed by atoms with E-state index in [4.69, 9.17) is 5.14 Å². The molecule has 0 atom stereocenters. The molecule has 0 fully saturated rings. The first kappa shape index (κ1) is 14.1. The maximum absolute atomic E-state index is 10.7. The molecule has 0 amide bonds. The van der Waals surface area contributed by atoms with Crippen LogP contribution in [0.1, 0.15) is 25.5 Å². The van der Waals surface area contributed by atoms with Gasteiger partial charge in [-0.1, -0.05) is 6.92 Å². The summed E-state index contributed by atoms with van der Waals surface area (Å²) in [7, 11) is -3.33. The summed E-state index contributed by atoms with van der Waals surface area (Å²) in [6, 6.07) is 1.96. The van der Waals surface area contributed by atoms with Gasteiger partial charge in [0.15, 0.2) is 0 Å². The van der Waals surface area contributed by atoms with Gasteiger partial charge in [-0.15, -0.1) is 0 Å². The highest BCUT2D eigenvalue weighted by atomic mass is 32.2. The Balaban J connectivity index is 2.24. The Morgan fingerprint density at radius 1 is 1.53 bits per heavy atom. The smallest absolute Gasteiger partial charge is 0.209 e. The molecule has 0 unspecified atom stereocenters. The van der Waals surface area contributed by atoms with Gasteiger partial charge in [0, 0.05) is 19.3 Å². The Hall–Kier alpha value is -0.920. The highest BCUT2D eigenvalue weighted by Crippen LogP contribution is 1.99. The Morgan fingerprint density at radius 2 is 2.29 bits per heavy atom. The van der Waals surface area contributed by atoms with E-state index < -0.39 is 10.0 Å². The molecule has 98 valence electrons. The second-order valence-electron chi connectivity index (χ2n) is 3.94. The Morgan fingerprint density at radius 3 is 2.94 bits per heavy atom. The Bertz CT molecular complexity index is 427. The molecule has 0 spiro atoms. The minimum Gasteiger partial charge on any atom is -0.311 e. The van der Waals surface area contributed by atoms with Crippen molar-refractivity contribution in [2.24, 2.45) is 5.14 Å². The summed E-state index contributed by atoms with van der Waals surface area (Å²) in [5, 5.41) is 12.3. The first-order valence-electron chi connectivity index (χ1n) is 5.75. The van der Waals surface area contributed by atoms with E-state index in [2.05, 4.69) is 17.3 Å². The minimum atomic E-state index is -3.33. The molecule has 0 aliphatic rings. The molecule has 0 aliphatic heterocycles. The van der Waals surface area contributed by atoms with Gasteiger partial charge < -0.3 is 5.32 Å².